The number of aryl methyl sites for hydroxylation is 1. The van der Waals surface area contributed by atoms with Crippen LogP contribution >= 0.6 is 11.8 Å². The van der Waals surface area contributed by atoms with E-state index in [4.69, 9.17) is 15.4 Å². The largest absolute Gasteiger partial charge is 0.416 e. The fourth-order valence-electron chi connectivity index (χ4n) is 1.88. The van der Waals surface area contributed by atoms with Crippen molar-refractivity contribution in [2.45, 2.75) is 17.2 Å². The molecule has 7 nitrogen and oxygen atoms in total. The second-order valence-corrected chi connectivity index (χ2v) is 5.17. The van der Waals surface area contributed by atoms with Crippen molar-refractivity contribution in [1.82, 2.24) is 15.2 Å². The first-order chi connectivity index (χ1) is 10.2. The van der Waals surface area contributed by atoms with E-state index >= 15 is 0 Å². The Balaban J connectivity index is 2.11. The Morgan fingerprint density at radius 2 is 2.14 bits per heavy atom. The molecule has 3 rings (SSSR count). The van der Waals surface area contributed by atoms with Crippen molar-refractivity contribution in [3.63, 3.8) is 0 Å². The van der Waals surface area contributed by atoms with Crippen LogP contribution in [0.2, 0.25) is 0 Å². The molecule has 2 heterocycles. The van der Waals surface area contributed by atoms with Gasteiger partial charge in [-0.25, -0.2) is 4.98 Å². The van der Waals surface area contributed by atoms with E-state index in [2.05, 4.69) is 20.3 Å². The highest BCUT2D eigenvalue weighted by atomic mass is 32.2. The third-order valence-electron chi connectivity index (χ3n) is 2.78. The van der Waals surface area contributed by atoms with Crippen LogP contribution in [-0.2, 0) is 0 Å². The van der Waals surface area contributed by atoms with Gasteiger partial charge in [-0.15, -0.1) is 10.2 Å². The zero-order chi connectivity index (χ0) is 14.8. The summed E-state index contributed by atoms with van der Waals surface area (Å²) in [4.78, 5) is 4.50. The topological polar surface area (TPSA) is 110 Å². The average molecular weight is 301 g/mol. The van der Waals surface area contributed by atoms with Crippen LogP contribution in [0.15, 0.2) is 50.2 Å². The van der Waals surface area contributed by atoms with Crippen LogP contribution in [0.3, 0.4) is 0 Å². The van der Waals surface area contributed by atoms with Crippen LogP contribution in [0.4, 0.5) is 0 Å². The summed E-state index contributed by atoms with van der Waals surface area (Å²) in [5, 5.41) is 21.5. The summed E-state index contributed by atoms with van der Waals surface area (Å²) in [6.07, 6.45) is 0. The minimum Gasteiger partial charge on any atom is -0.416 e. The molecule has 0 aliphatic heterocycles. The summed E-state index contributed by atoms with van der Waals surface area (Å²) in [6.45, 7) is 1.71. The van der Waals surface area contributed by atoms with Crippen LogP contribution in [0.25, 0.3) is 10.9 Å². The lowest BCUT2D eigenvalue weighted by molar-refractivity contribution is 0.318. The van der Waals surface area contributed by atoms with Gasteiger partial charge in [-0.05, 0) is 23.9 Å². The Kier molecular flexibility index (Phi) is 3.44. The van der Waals surface area contributed by atoms with Crippen LogP contribution in [0, 0.1) is 6.92 Å². The number of hydrogen-bond donors (Lipinski definition) is 2. The molecular formula is C13H11N5O2S. The quantitative estimate of drug-likeness (QED) is 0.330. The molecular weight excluding hydrogens is 290 g/mol. The Bertz CT molecular complexity index is 830. The Morgan fingerprint density at radius 1 is 1.33 bits per heavy atom. The normalized spacial score (nSPS) is 12.0. The van der Waals surface area contributed by atoms with Gasteiger partial charge in [-0.3, -0.25) is 0 Å². The molecule has 3 aromatic rings. The summed E-state index contributed by atoms with van der Waals surface area (Å²) in [5.74, 6) is 0.507. The number of fused-ring (bicyclic) bond motifs is 1. The minimum absolute atomic E-state index is 0.0251. The van der Waals surface area contributed by atoms with Crippen molar-refractivity contribution in [3.05, 3.63) is 41.8 Å². The maximum Gasteiger partial charge on any atom is 0.282 e. The number of aromatic nitrogens is 3. The molecule has 0 saturated heterocycles. The maximum absolute atomic E-state index is 8.93. The Labute approximate surface area is 123 Å². The van der Waals surface area contributed by atoms with Crippen LogP contribution in [-0.4, -0.2) is 26.2 Å². The lowest BCUT2D eigenvalue weighted by Crippen LogP contribution is -2.14. The first-order valence-electron chi connectivity index (χ1n) is 6.03. The average Bonchev–Trinajstić information content (AvgIpc) is 2.90. The molecule has 0 unspecified atom stereocenters. The molecule has 0 atom stereocenters. The Morgan fingerprint density at radius 3 is 2.86 bits per heavy atom. The first-order valence-corrected chi connectivity index (χ1v) is 6.84. The minimum atomic E-state index is 0.0251. The van der Waals surface area contributed by atoms with Gasteiger partial charge in [0.1, 0.15) is 5.03 Å². The number of rotatable bonds is 3. The molecule has 0 fully saturated rings. The number of amidine groups is 1. The number of nitrogens with two attached hydrogens (primary N) is 1. The predicted molar refractivity (Wildman–Crippen MR) is 77.4 cm³/mol. The van der Waals surface area contributed by atoms with E-state index in [1.54, 1.807) is 13.0 Å². The van der Waals surface area contributed by atoms with Crippen molar-refractivity contribution in [3.8, 4) is 0 Å². The van der Waals surface area contributed by atoms with Crippen LogP contribution in [0.1, 0.15) is 11.5 Å². The van der Waals surface area contributed by atoms with Crippen molar-refractivity contribution in [2.75, 3.05) is 0 Å². The summed E-state index contributed by atoms with van der Waals surface area (Å²) < 4.78 is 5.32. The van der Waals surface area contributed by atoms with Gasteiger partial charge in [0.05, 0.1) is 5.52 Å². The number of nitrogens with zero attached hydrogens (tertiary/aromatic N) is 4. The highest BCUT2D eigenvalue weighted by Crippen LogP contribution is 2.28. The van der Waals surface area contributed by atoms with Gasteiger partial charge in [0.2, 0.25) is 5.89 Å². The van der Waals surface area contributed by atoms with E-state index in [1.165, 1.54) is 11.8 Å². The van der Waals surface area contributed by atoms with Gasteiger partial charge >= 0.3 is 0 Å². The molecule has 3 N–H and O–H groups in total. The van der Waals surface area contributed by atoms with Gasteiger partial charge in [-0.1, -0.05) is 23.4 Å². The van der Waals surface area contributed by atoms with Crippen molar-refractivity contribution in [2.24, 2.45) is 10.9 Å². The molecule has 0 aliphatic carbocycles. The smallest absolute Gasteiger partial charge is 0.282 e. The summed E-state index contributed by atoms with van der Waals surface area (Å²) in [7, 11) is 0. The third kappa shape index (κ3) is 2.65. The summed E-state index contributed by atoms with van der Waals surface area (Å²) >= 11 is 1.22. The summed E-state index contributed by atoms with van der Waals surface area (Å²) in [6, 6.07) is 9.18. The van der Waals surface area contributed by atoms with E-state index in [-0.39, 0.29) is 5.84 Å². The maximum atomic E-state index is 8.93. The van der Waals surface area contributed by atoms with Gasteiger partial charge in [0.25, 0.3) is 5.22 Å². The number of hydrogen-bond acceptors (Lipinski definition) is 7. The second-order valence-electron chi connectivity index (χ2n) is 4.20. The lowest BCUT2D eigenvalue weighted by atomic mass is 10.1. The van der Waals surface area contributed by atoms with E-state index in [0.717, 1.165) is 10.9 Å². The fraction of sp³-hybridized carbons (Fsp3) is 0.0769. The van der Waals surface area contributed by atoms with Gasteiger partial charge in [0.15, 0.2) is 5.84 Å². The molecule has 0 saturated carbocycles. The number of pyridine rings is 1. The second kappa shape index (κ2) is 5.41. The number of para-hydroxylation sites is 1. The zero-order valence-electron chi connectivity index (χ0n) is 11.0. The molecule has 0 spiro atoms. The van der Waals surface area contributed by atoms with Gasteiger partial charge in [0, 0.05) is 17.9 Å². The van der Waals surface area contributed by atoms with Crippen molar-refractivity contribution < 1.29 is 9.62 Å². The zero-order valence-corrected chi connectivity index (χ0v) is 11.8. The molecule has 1 aromatic carbocycles. The molecule has 0 bridgehead atoms. The van der Waals surface area contributed by atoms with E-state index in [9.17, 15) is 0 Å². The predicted octanol–water partition coefficient (Wildman–Crippen LogP) is 2.17. The lowest BCUT2D eigenvalue weighted by Gasteiger charge is -2.06. The monoisotopic (exact) mass is 301 g/mol. The van der Waals surface area contributed by atoms with Gasteiger partial charge in [-0.2, -0.15) is 0 Å². The van der Waals surface area contributed by atoms with Crippen LogP contribution in [0.5, 0.6) is 0 Å². The molecule has 106 valence electrons. The highest BCUT2D eigenvalue weighted by Gasteiger charge is 2.12. The van der Waals surface area contributed by atoms with Crippen molar-refractivity contribution in [1.29, 1.82) is 0 Å². The highest BCUT2D eigenvalue weighted by molar-refractivity contribution is 7.99. The number of oxime groups is 1. The Hall–Kier alpha value is -2.61. The number of benzene rings is 1. The third-order valence-corrected chi connectivity index (χ3v) is 3.53. The van der Waals surface area contributed by atoms with Crippen LogP contribution < -0.4 is 5.73 Å². The first kappa shape index (κ1) is 13.4. The molecule has 2 aromatic heterocycles. The molecule has 0 aliphatic rings. The van der Waals surface area contributed by atoms with E-state index < -0.39 is 0 Å². The molecule has 8 heteroatoms. The molecule has 0 radical (unpaired) electrons. The van der Waals surface area contributed by atoms with E-state index in [1.807, 2.05) is 24.3 Å². The SMILES string of the molecule is Cc1nnc(Sc2cc(C(N)=NO)c3ccccc3n2)o1. The van der Waals surface area contributed by atoms with E-state index in [0.29, 0.717) is 21.7 Å². The van der Waals surface area contributed by atoms with Gasteiger partial charge < -0.3 is 15.4 Å². The van der Waals surface area contributed by atoms with Crippen molar-refractivity contribution >= 4 is 28.5 Å². The standard InChI is InChI=1S/C13H11N5O2S/c1-7-16-17-13(20-7)21-11-6-9(12(14)18-19)8-4-2-3-5-10(8)15-11/h2-6,19H,1H3,(H2,14,18). The summed E-state index contributed by atoms with van der Waals surface area (Å²) in [5.41, 5.74) is 7.07. The molecule has 21 heavy (non-hydrogen) atoms. The molecule has 0 amide bonds. The fourth-order valence-corrected chi connectivity index (χ4v) is 2.62.